The lowest BCUT2D eigenvalue weighted by Crippen LogP contribution is -2.41. The van der Waals surface area contributed by atoms with E-state index in [1.807, 2.05) is 7.11 Å². The second-order valence-electron chi connectivity index (χ2n) is 5.41. The van der Waals surface area contributed by atoms with Gasteiger partial charge in [0.25, 0.3) is 0 Å². The summed E-state index contributed by atoms with van der Waals surface area (Å²) in [5, 5.41) is 0. The van der Waals surface area contributed by atoms with E-state index >= 15 is 0 Å². The highest BCUT2D eigenvalue weighted by atomic mass is 32.1. The summed E-state index contributed by atoms with van der Waals surface area (Å²) in [5.74, 6) is 3.21. The molecule has 0 aromatic rings. The van der Waals surface area contributed by atoms with Gasteiger partial charge in [0.05, 0.1) is 6.61 Å². The van der Waals surface area contributed by atoms with Gasteiger partial charge in [-0.15, -0.1) is 0 Å². The molecule has 0 aromatic carbocycles. The van der Waals surface area contributed by atoms with Crippen molar-refractivity contribution in [3.05, 3.63) is 0 Å². The average Bonchev–Trinajstić information content (AvgIpc) is 2.26. The number of hydrogen-bond donors (Lipinski definition) is 1. The van der Waals surface area contributed by atoms with Crippen LogP contribution in [0, 0.1) is 17.8 Å². The third kappa shape index (κ3) is 4.64. The molecule has 0 bridgehead atoms. The first-order valence-electron chi connectivity index (χ1n) is 6.49. The molecule has 1 fully saturated rings. The van der Waals surface area contributed by atoms with E-state index < -0.39 is 0 Å². The van der Waals surface area contributed by atoms with Crippen molar-refractivity contribution in [3.8, 4) is 0 Å². The van der Waals surface area contributed by atoms with E-state index in [1.165, 1.54) is 32.5 Å². The summed E-state index contributed by atoms with van der Waals surface area (Å²) < 4.78 is 5.27. The van der Waals surface area contributed by atoms with Crippen molar-refractivity contribution in [3.63, 3.8) is 0 Å². The van der Waals surface area contributed by atoms with Gasteiger partial charge in [-0.1, -0.05) is 13.8 Å². The zero-order chi connectivity index (χ0) is 12.0. The van der Waals surface area contributed by atoms with Gasteiger partial charge < -0.3 is 9.64 Å². The SMILES string of the molecule is COCC1CCCN(CC(CS)C(C)C)C1. The van der Waals surface area contributed by atoms with Gasteiger partial charge >= 0.3 is 0 Å². The molecule has 1 saturated heterocycles. The van der Waals surface area contributed by atoms with E-state index in [1.54, 1.807) is 0 Å². The Morgan fingerprint density at radius 1 is 1.44 bits per heavy atom. The molecule has 2 unspecified atom stereocenters. The molecule has 1 aliphatic rings. The summed E-state index contributed by atoms with van der Waals surface area (Å²) in [6.07, 6.45) is 2.66. The number of rotatable bonds is 6. The Morgan fingerprint density at radius 2 is 2.19 bits per heavy atom. The number of likely N-dealkylation sites (tertiary alicyclic amines) is 1. The molecule has 16 heavy (non-hydrogen) atoms. The van der Waals surface area contributed by atoms with Crippen LogP contribution in [0.2, 0.25) is 0 Å². The standard InChI is InChI=1S/C13H27NOS/c1-11(2)13(10-16)8-14-6-4-5-12(7-14)9-15-3/h11-13,16H,4-10H2,1-3H3. The van der Waals surface area contributed by atoms with Crippen molar-refractivity contribution in [2.24, 2.45) is 17.8 Å². The maximum absolute atomic E-state index is 5.27. The molecule has 0 aliphatic carbocycles. The third-order valence-electron chi connectivity index (χ3n) is 3.68. The lowest BCUT2D eigenvalue weighted by Gasteiger charge is -2.35. The van der Waals surface area contributed by atoms with E-state index in [0.29, 0.717) is 0 Å². The largest absolute Gasteiger partial charge is 0.384 e. The molecule has 0 aromatic heterocycles. The van der Waals surface area contributed by atoms with Crippen LogP contribution in [0.25, 0.3) is 0 Å². The first-order valence-corrected chi connectivity index (χ1v) is 7.12. The molecule has 96 valence electrons. The summed E-state index contributed by atoms with van der Waals surface area (Å²) >= 11 is 4.47. The second kappa shape index (κ2) is 7.57. The molecule has 1 heterocycles. The Labute approximate surface area is 106 Å². The highest BCUT2D eigenvalue weighted by Crippen LogP contribution is 2.20. The number of nitrogens with zero attached hydrogens (tertiary/aromatic N) is 1. The van der Waals surface area contributed by atoms with Crippen molar-refractivity contribution in [2.75, 3.05) is 39.1 Å². The molecule has 2 atom stereocenters. The average molecular weight is 245 g/mol. The van der Waals surface area contributed by atoms with Crippen LogP contribution in [0.1, 0.15) is 26.7 Å². The van der Waals surface area contributed by atoms with Gasteiger partial charge in [0.2, 0.25) is 0 Å². The van der Waals surface area contributed by atoms with Crippen LogP contribution in [0.15, 0.2) is 0 Å². The summed E-state index contributed by atoms with van der Waals surface area (Å²) in [6.45, 7) is 9.21. The van der Waals surface area contributed by atoms with Crippen LogP contribution in [-0.2, 0) is 4.74 Å². The van der Waals surface area contributed by atoms with Crippen molar-refractivity contribution in [1.29, 1.82) is 0 Å². The molecule has 0 amide bonds. The lowest BCUT2D eigenvalue weighted by atomic mass is 9.94. The number of ether oxygens (including phenoxy) is 1. The zero-order valence-corrected chi connectivity index (χ0v) is 11.9. The molecule has 3 heteroatoms. The van der Waals surface area contributed by atoms with Crippen LogP contribution >= 0.6 is 12.6 Å². The van der Waals surface area contributed by atoms with E-state index in [-0.39, 0.29) is 0 Å². The van der Waals surface area contributed by atoms with Gasteiger partial charge in [0.1, 0.15) is 0 Å². The highest BCUT2D eigenvalue weighted by Gasteiger charge is 2.22. The second-order valence-corrected chi connectivity index (χ2v) is 5.77. The van der Waals surface area contributed by atoms with Crippen LogP contribution in [-0.4, -0.2) is 44.0 Å². The predicted octanol–water partition coefficient (Wildman–Crippen LogP) is 2.55. The van der Waals surface area contributed by atoms with Gasteiger partial charge in [0, 0.05) is 20.2 Å². The topological polar surface area (TPSA) is 12.5 Å². The van der Waals surface area contributed by atoms with Crippen molar-refractivity contribution in [2.45, 2.75) is 26.7 Å². The summed E-state index contributed by atoms with van der Waals surface area (Å²) in [7, 11) is 1.81. The molecule has 0 N–H and O–H groups in total. The molecule has 0 radical (unpaired) electrons. The molecular weight excluding hydrogens is 218 g/mol. The molecular formula is C13H27NOS. The van der Waals surface area contributed by atoms with E-state index in [4.69, 9.17) is 4.74 Å². The Morgan fingerprint density at radius 3 is 2.75 bits per heavy atom. The number of piperidine rings is 1. The van der Waals surface area contributed by atoms with E-state index in [2.05, 4.69) is 31.4 Å². The van der Waals surface area contributed by atoms with Gasteiger partial charge in [-0.25, -0.2) is 0 Å². The Hall–Kier alpha value is 0.270. The molecule has 1 rings (SSSR count). The number of hydrogen-bond acceptors (Lipinski definition) is 3. The summed E-state index contributed by atoms with van der Waals surface area (Å²) in [5.41, 5.74) is 0. The summed E-state index contributed by atoms with van der Waals surface area (Å²) in [4.78, 5) is 2.61. The van der Waals surface area contributed by atoms with Crippen LogP contribution in [0.3, 0.4) is 0 Å². The van der Waals surface area contributed by atoms with Crippen LogP contribution < -0.4 is 0 Å². The van der Waals surface area contributed by atoms with Gasteiger partial charge in [-0.2, -0.15) is 12.6 Å². The lowest BCUT2D eigenvalue weighted by molar-refractivity contribution is 0.0804. The minimum Gasteiger partial charge on any atom is -0.384 e. The van der Waals surface area contributed by atoms with Crippen molar-refractivity contribution < 1.29 is 4.74 Å². The van der Waals surface area contributed by atoms with Crippen LogP contribution in [0.5, 0.6) is 0 Å². The quantitative estimate of drug-likeness (QED) is 0.722. The number of methoxy groups -OCH3 is 1. The minimum absolute atomic E-state index is 0.727. The van der Waals surface area contributed by atoms with E-state index in [9.17, 15) is 0 Å². The minimum atomic E-state index is 0.727. The Balaban J connectivity index is 2.35. The smallest absolute Gasteiger partial charge is 0.0502 e. The predicted molar refractivity (Wildman–Crippen MR) is 73.2 cm³/mol. The normalized spacial score (nSPS) is 24.9. The Bertz CT molecular complexity index is 185. The Kier molecular flexibility index (Phi) is 6.78. The molecule has 0 spiro atoms. The third-order valence-corrected chi connectivity index (χ3v) is 4.14. The molecule has 2 nitrogen and oxygen atoms in total. The molecule has 1 aliphatic heterocycles. The monoisotopic (exact) mass is 245 g/mol. The maximum Gasteiger partial charge on any atom is 0.0502 e. The van der Waals surface area contributed by atoms with Crippen molar-refractivity contribution in [1.82, 2.24) is 4.90 Å². The van der Waals surface area contributed by atoms with Crippen molar-refractivity contribution >= 4 is 12.6 Å². The zero-order valence-electron chi connectivity index (χ0n) is 11.0. The van der Waals surface area contributed by atoms with Gasteiger partial charge in [0.15, 0.2) is 0 Å². The number of thiol groups is 1. The van der Waals surface area contributed by atoms with Gasteiger partial charge in [-0.3, -0.25) is 0 Å². The fraction of sp³-hybridized carbons (Fsp3) is 1.00. The van der Waals surface area contributed by atoms with Crippen LogP contribution in [0.4, 0.5) is 0 Å². The van der Waals surface area contributed by atoms with E-state index in [0.717, 1.165) is 30.1 Å². The van der Waals surface area contributed by atoms with Gasteiger partial charge in [-0.05, 0) is 42.9 Å². The first-order chi connectivity index (χ1) is 7.67. The molecule has 0 saturated carbocycles. The first kappa shape index (κ1) is 14.3. The fourth-order valence-corrected chi connectivity index (χ4v) is 3.04. The fourth-order valence-electron chi connectivity index (χ4n) is 2.50. The highest BCUT2D eigenvalue weighted by molar-refractivity contribution is 7.80. The maximum atomic E-state index is 5.27. The summed E-state index contributed by atoms with van der Waals surface area (Å²) in [6, 6.07) is 0.